The molecule has 1 aromatic rings. The average Bonchev–Trinajstić information content (AvgIpc) is 2.25. The summed E-state index contributed by atoms with van der Waals surface area (Å²) in [5.74, 6) is 0.122. The Morgan fingerprint density at radius 1 is 1.06 bits per heavy atom. The fraction of sp³-hybridized carbons (Fsp3) is 0.455. The number of nitrogens with two attached hydrogens (primary N) is 1. The first-order valence-electron chi connectivity index (χ1n) is 5.25. The zero-order valence-electron chi connectivity index (χ0n) is 9.09. The molecule has 0 spiro atoms. The van der Waals surface area contributed by atoms with Crippen molar-refractivity contribution in [3.63, 3.8) is 0 Å². The third kappa shape index (κ3) is 3.83. The van der Waals surface area contributed by atoms with Crippen LogP contribution in [0.25, 0.3) is 0 Å². The van der Waals surface area contributed by atoms with Gasteiger partial charge in [-0.3, -0.25) is 0 Å². The van der Waals surface area contributed by atoms with Crippen LogP contribution in [0, 0.1) is 0 Å². The summed E-state index contributed by atoms with van der Waals surface area (Å²) >= 11 is 0. The van der Waals surface area contributed by atoms with E-state index in [9.17, 15) is 8.42 Å². The highest BCUT2D eigenvalue weighted by atomic mass is 32.2. The van der Waals surface area contributed by atoms with Gasteiger partial charge in [0.05, 0.1) is 10.6 Å². The third-order valence-corrected chi connectivity index (χ3v) is 4.13. The molecule has 4 nitrogen and oxygen atoms in total. The van der Waals surface area contributed by atoms with Crippen molar-refractivity contribution < 1.29 is 13.5 Å². The molecule has 0 aromatic heterocycles. The Hall–Kier alpha value is -1.07. The summed E-state index contributed by atoms with van der Waals surface area (Å²) in [7, 11) is -3.19. The molecular weight excluding hydrogens is 226 g/mol. The number of nitrogen functional groups attached to an aromatic ring is 1. The number of aliphatic hydroxyl groups excluding tert-OH is 1. The van der Waals surface area contributed by atoms with E-state index in [-0.39, 0.29) is 12.4 Å². The highest BCUT2D eigenvalue weighted by Gasteiger charge is 2.13. The van der Waals surface area contributed by atoms with Gasteiger partial charge in [0.25, 0.3) is 0 Å². The summed E-state index contributed by atoms with van der Waals surface area (Å²) in [5, 5.41) is 8.58. The van der Waals surface area contributed by atoms with E-state index < -0.39 is 9.84 Å². The Kier molecular flexibility index (Phi) is 4.76. The van der Waals surface area contributed by atoms with Crippen LogP contribution >= 0.6 is 0 Å². The van der Waals surface area contributed by atoms with Gasteiger partial charge in [0, 0.05) is 12.3 Å². The van der Waals surface area contributed by atoms with Crippen LogP contribution in [-0.2, 0) is 9.84 Å². The molecule has 0 unspecified atom stereocenters. The van der Waals surface area contributed by atoms with E-state index >= 15 is 0 Å². The molecule has 1 rings (SSSR count). The van der Waals surface area contributed by atoms with Gasteiger partial charge >= 0.3 is 0 Å². The van der Waals surface area contributed by atoms with Crippen molar-refractivity contribution in [3.8, 4) is 0 Å². The number of anilines is 1. The molecule has 0 heterocycles. The maximum atomic E-state index is 11.8. The number of hydrogen-bond donors (Lipinski definition) is 2. The fourth-order valence-electron chi connectivity index (χ4n) is 1.37. The van der Waals surface area contributed by atoms with Crippen molar-refractivity contribution in [1.82, 2.24) is 0 Å². The topological polar surface area (TPSA) is 80.4 Å². The van der Waals surface area contributed by atoms with Crippen molar-refractivity contribution in [2.45, 2.75) is 24.2 Å². The molecule has 1 aromatic carbocycles. The molecule has 90 valence electrons. The molecule has 0 aliphatic carbocycles. The second kappa shape index (κ2) is 5.86. The van der Waals surface area contributed by atoms with Gasteiger partial charge in [0.15, 0.2) is 9.84 Å². The number of hydrogen-bond acceptors (Lipinski definition) is 4. The molecule has 0 fully saturated rings. The first-order valence-corrected chi connectivity index (χ1v) is 6.90. The van der Waals surface area contributed by atoms with Crippen molar-refractivity contribution in [2.75, 3.05) is 18.1 Å². The van der Waals surface area contributed by atoms with Gasteiger partial charge in [-0.15, -0.1) is 0 Å². The van der Waals surface area contributed by atoms with E-state index in [0.29, 0.717) is 23.4 Å². The lowest BCUT2D eigenvalue weighted by Gasteiger charge is -2.04. The molecule has 3 N–H and O–H groups in total. The molecule has 0 aliphatic heterocycles. The van der Waals surface area contributed by atoms with Gasteiger partial charge in [0.1, 0.15) is 0 Å². The zero-order chi connectivity index (χ0) is 12.0. The minimum absolute atomic E-state index is 0.113. The Balaban J connectivity index is 2.60. The SMILES string of the molecule is Nc1ccc(S(=O)(=O)CCCCCO)cc1. The number of rotatable bonds is 6. The summed E-state index contributed by atoms with van der Waals surface area (Å²) in [5.41, 5.74) is 6.04. The van der Waals surface area contributed by atoms with Gasteiger partial charge in [0.2, 0.25) is 0 Å². The molecule has 0 saturated heterocycles. The summed E-state index contributed by atoms with van der Waals surface area (Å²) in [6.07, 6.45) is 1.95. The van der Waals surface area contributed by atoms with E-state index in [1.165, 1.54) is 12.1 Å². The van der Waals surface area contributed by atoms with Crippen LogP contribution in [0.1, 0.15) is 19.3 Å². The highest BCUT2D eigenvalue weighted by molar-refractivity contribution is 7.91. The smallest absolute Gasteiger partial charge is 0.178 e. The monoisotopic (exact) mass is 243 g/mol. The minimum atomic E-state index is -3.19. The number of benzene rings is 1. The van der Waals surface area contributed by atoms with Crippen molar-refractivity contribution >= 4 is 15.5 Å². The molecular formula is C11H17NO3S. The van der Waals surface area contributed by atoms with E-state index in [1.807, 2.05) is 0 Å². The van der Waals surface area contributed by atoms with Crippen molar-refractivity contribution in [3.05, 3.63) is 24.3 Å². The second-order valence-corrected chi connectivity index (χ2v) is 5.78. The summed E-state index contributed by atoms with van der Waals surface area (Å²) < 4.78 is 23.6. The molecule has 0 atom stereocenters. The average molecular weight is 243 g/mol. The first kappa shape index (κ1) is 13.0. The Morgan fingerprint density at radius 3 is 2.25 bits per heavy atom. The van der Waals surface area contributed by atoms with E-state index in [4.69, 9.17) is 10.8 Å². The van der Waals surface area contributed by atoms with Crippen LogP contribution in [0.5, 0.6) is 0 Å². The predicted molar refractivity (Wildman–Crippen MR) is 63.8 cm³/mol. The van der Waals surface area contributed by atoms with Gasteiger partial charge in [-0.2, -0.15) is 0 Å². The van der Waals surface area contributed by atoms with Crippen LogP contribution in [0.3, 0.4) is 0 Å². The molecule has 0 amide bonds. The largest absolute Gasteiger partial charge is 0.399 e. The molecule has 16 heavy (non-hydrogen) atoms. The van der Waals surface area contributed by atoms with Crippen molar-refractivity contribution in [2.24, 2.45) is 0 Å². The molecule has 0 radical (unpaired) electrons. The van der Waals surface area contributed by atoms with E-state index in [0.717, 1.165) is 6.42 Å². The molecule has 5 heteroatoms. The Morgan fingerprint density at radius 2 is 1.69 bits per heavy atom. The summed E-state index contributed by atoms with van der Waals surface area (Å²) in [4.78, 5) is 0.311. The zero-order valence-corrected chi connectivity index (χ0v) is 9.91. The Labute approximate surface area is 96.0 Å². The maximum absolute atomic E-state index is 11.8. The quantitative estimate of drug-likeness (QED) is 0.581. The van der Waals surface area contributed by atoms with E-state index in [1.54, 1.807) is 12.1 Å². The van der Waals surface area contributed by atoms with Gasteiger partial charge in [-0.1, -0.05) is 6.42 Å². The lowest BCUT2D eigenvalue weighted by molar-refractivity contribution is 0.284. The highest BCUT2D eigenvalue weighted by Crippen LogP contribution is 2.14. The molecule has 0 saturated carbocycles. The fourth-order valence-corrected chi connectivity index (χ4v) is 2.74. The van der Waals surface area contributed by atoms with Crippen LogP contribution in [0.4, 0.5) is 5.69 Å². The predicted octanol–water partition coefficient (Wildman–Crippen LogP) is 1.21. The number of sulfone groups is 1. The number of unbranched alkanes of at least 4 members (excludes halogenated alkanes) is 2. The van der Waals surface area contributed by atoms with E-state index in [2.05, 4.69) is 0 Å². The Bertz CT molecular complexity index is 411. The molecule has 0 bridgehead atoms. The summed E-state index contributed by atoms with van der Waals surface area (Å²) in [6, 6.07) is 6.22. The van der Waals surface area contributed by atoms with Crippen LogP contribution < -0.4 is 5.73 Å². The van der Waals surface area contributed by atoms with Gasteiger partial charge < -0.3 is 10.8 Å². The second-order valence-electron chi connectivity index (χ2n) is 3.67. The van der Waals surface area contributed by atoms with Gasteiger partial charge in [-0.05, 0) is 37.1 Å². The summed E-state index contributed by atoms with van der Waals surface area (Å²) in [6.45, 7) is 0.113. The normalized spacial score (nSPS) is 11.6. The standard InChI is InChI=1S/C11H17NO3S/c12-10-4-6-11(7-5-10)16(14,15)9-3-1-2-8-13/h4-7,13H,1-3,8-9,12H2. The lowest BCUT2D eigenvalue weighted by Crippen LogP contribution is -2.07. The molecule has 0 aliphatic rings. The number of aliphatic hydroxyl groups is 1. The maximum Gasteiger partial charge on any atom is 0.178 e. The lowest BCUT2D eigenvalue weighted by atomic mass is 10.3. The minimum Gasteiger partial charge on any atom is -0.399 e. The van der Waals surface area contributed by atoms with Crippen LogP contribution in [0.15, 0.2) is 29.2 Å². The third-order valence-electron chi connectivity index (χ3n) is 2.31. The van der Waals surface area contributed by atoms with Crippen molar-refractivity contribution in [1.29, 1.82) is 0 Å². The first-order chi connectivity index (χ1) is 7.56. The van der Waals surface area contributed by atoms with Crippen LogP contribution in [-0.4, -0.2) is 25.9 Å². The van der Waals surface area contributed by atoms with Crippen LogP contribution in [0.2, 0.25) is 0 Å². The van der Waals surface area contributed by atoms with Gasteiger partial charge in [-0.25, -0.2) is 8.42 Å².